The molecular weight excluding hydrogens is 269 g/mol. The molecule has 1 amide bonds. The lowest BCUT2D eigenvalue weighted by Crippen LogP contribution is -2.14. The van der Waals surface area contributed by atoms with Crippen LogP contribution < -0.4 is 10.5 Å². The molecule has 0 bridgehead atoms. The smallest absolute Gasteiger partial charge is 0.356 e. The number of aromatic nitrogens is 2. The van der Waals surface area contributed by atoms with Gasteiger partial charge in [-0.3, -0.25) is 4.79 Å². The number of carboxylic acids is 1. The van der Waals surface area contributed by atoms with Crippen LogP contribution in [0.1, 0.15) is 20.8 Å². The van der Waals surface area contributed by atoms with Gasteiger partial charge in [-0.25, -0.2) is 19.2 Å². The summed E-state index contributed by atoms with van der Waals surface area (Å²) < 4.78 is 18.7. The van der Waals surface area contributed by atoms with Crippen LogP contribution in [0.15, 0.2) is 30.6 Å². The third kappa shape index (κ3) is 2.69. The Morgan fingerprint density at radius 1 is 1.25 bits per heavy atom. The van der Waals surface area contributed by atoms with Crippen LogP contribution in [0.25, 0.3) is 0 Å². The van der Waals surface area contributed by atoms with Gasteiger partial charge in [0.05, 0.1) is 12.4 Å². The standard InChI is InChI=1S/C12H8FN3O4/c13-6-2-1-3-8(10(6)11(14)17)20-9-5-15-7(4-16-9)12(18)19/h1-5H,(H2,14,17)(H,18,19). The Labute approximate surface area is 111 Å². The summed E-state index contributed by atoms with van der Waals surface area (Å²) in [5, 5.41) is 8.66. The molecule has 8 heteroatoms. The van der Waals surface area contributed by atoms with Crippen molar-refractivity contribution in [2.45, 2.75) is 0 Å². The van der Waals surface area contributed by atoms with Crippen LogP contribution in [0.2, 0.25) is 0 Å². The molecule has 1 heterocycles. The topological polar surface area (TPSA) is 115 Å². The molecule has 3 N–H and O–H groups in total. The number of carboxylic acid groups (broad SMARTS) is 1. The van der Waals surface area contributed by atoms with Crippen molar-refractivity contribution in [3.05, 3.63) is 47.7 Å². The first-order valence-corrected chi connectivity index (χ1v) is 5.30. The van der Waals surface area contributed by atoms with Crippen molar-refractivity contribution in [2.24, 2.45) is 5.73 Å². The molecule has 2 aromatic rings. The fraction of sp³-hybridized carbons (Fsp3) is 0. The second kappa shape index (κ2) is 5.31. The molecule has 0 unspecified atom stereocenters. The monoisotopic (exact) mass is 277 g/mol. The van der Waals surface area contributed by atoms with E-state index in [-0.39, 0.29) is 17.3 Å². The van der Waals surface area contributed by atoms with Crippen molar-refractivity contribution in [2.75, 3.05) is 0 Å². The van der Waals surface area contributed by atoms with Crippen molar-refractivity contribution >= 4 is 11.9 Å². The first-order chi connectivity index (χ1) is 9.49. The van der Waals surface area contributed by atoms with Gasteiger partial charge in [0.1, 0.15) is 17.1 Å². The third-order valence-electron chi connectivity index (χ3n) is 2.28. The molecule has 2 rings (SSSR count). The number of primary amides is 1. The first kappa shape index (κ1) is 13.4. The lowest BCUT2D eigenvalue weighted by atomic mass is 10.2. The molecule has 0 aliphatic rings. The zero-order valence-corrected chi connectivity index (χ0v) is 9.91. The zero-order valence-electron chi connectivity index (χ0n) is 9.91. The summed E-state index contributed by atoms with van der Waals surface area (Å²) in [7, 11) is 0. The van der Waals surface area contributed by atoms with Crippen LogP contribution in [0, 0.1) is 5.82 Å². The van der Waals surface area contributed by atoms with Gasteiger partial charge in [-0.1, -0.05) is 6.07 Å². The SMILES string of the molecule is NC(=O)c1c(F)cccc1Oc1cnc(C(=O)O)cn1. The Morgan fingerprint density at radius 3 is 2.55 bits per heavy atom. The molecule has 0 atom stereocenters. The van der Waals surface area contributed by atoms with E-state index in [9.17, 15) is 14.0 Å². The molecule has 1 aromatic carbocycles. The zero-order chi connectivity index (χ0) is 14.7. The van der Waals surface area contributed by atoms with E-state index in [1.54, 1.807) is 0 Å². The van der Waals surface area contributed by atoms with Gasteiger partial charge in [0.2, 0.25) is 5.88 Å². The number of carbonyl (C=O) groups is 2. The molecule has 0 saturated carbocycles. The highest BCUT2D eigenvalue weighted by Gasteiger charge is 2.16. The Balaban J connectivity index is 2.33. The van der Waals surface area contributed by atoms with E-state index < -0.39 is 23.3 Å². The lowest BCUT2D eigenvalue weighted by molar-refractivity contribution is 0.0689. The average Bonchev–Trinajstić information content (AvgIpc) is 2.39. The minimum absolute atomic E-state index is 0.0944. The number of hydrogen-bond acceptors (Lipinski definition) is 5. The van der Waals surface area contributed by atoms with E-state index in [1.807, 2.05) is 0 Å². The number of aromatic carboxylic acids is 1. The van der Waals surface area contributed by atoms with Gasteiger partial charge < -0.3 is 15.6 Å². The first-order valence-electron chi connectivity index (χ1n) is 5.30. The van der Waals surface area contributed by atoms with E-state index in [4.69, 9.17) is 15.6 Å². The summed E-state index contributed by atoms with van der Waals surface area (Å²) in [6.07, 6.45) is 2.01. The number of ether oxygens (including phenoxy) is 1. The molecule has 0 fully saturated rings. The van der Waals surface area contributed by atoms with Crippen molar-refractivity contribution < 1.29 is 23.8 Å². The molecule has 1 aromatic heterocycles. The van der Waals surface area contributed by atoms with E-state index in [0.717, 1.165) is 18.5 Å². The molecule has 102 valence electrons. The van der Waals surface area contributed by atoms with Crippen LogP contribution in [0.5, 0.6) is 11.6 Å². The van der Waals surface area contributed by atoms with Crippen molar-refractivity contribution in [1.82, 2.24) is 9.97 Å². The maximum absolute atomic E-state index is 13.5. The van der Waals surface area contributed by atoms with Crippen molar-refractivity contribution in [3.63, 3.8) is 0 Å². The van der Waals surface area contributed by atoms with E-state index in [0.29, 0.717) is 0 Å². The van der Waals surface area contributed by atoms with E-state index >= 15 is 0 Å². The number of nitrogens with two attached hydrogens (primary N) is 1. The highest BCUT2D eigenvalue weighted by Crippen LogP contribution is 2.25. The second-order valence-electron chi connectivity index (χ2n) is 3.62. The minimum Gasteiger partial charge on any atom is -0.476 e. The van der Waals surface area contributed by atoms with Crippen LogP contribution >= 0.6 is 0 Å². The molecule has 0 spiro atoms. The van der Waals surface area contributed by atoms with Gasteiger partial charge in [0.15, 0.2) is 5.69 Å². The van der Waals surface area contributed by atoms with Crippen LogP contribution in [-0.2, 0) is 0 Å². The second-order valence-corrected chi connectivity index (χ2v) is 3.62. The summed E-state index contributed by atoms with van der Waals surface area (Å²) in [5.74, 6) is -3.29. The van der Waals surface area contributed by atoms with Gasteiger partial charge in [-0.15, -0.1) is 0 Å². The lowest BCUT2D eigenvalue weighted by Gasteiger charge is -2.08. The maximum atomic E-state index is 13.5. The molecular formula is C12H8FN3O4. The van der Waals surface area contributed by atoms with Crippen molar-refractivity contribution in [3.8, 4) is 11.6 Å². The van der Waals surface area contributed by atoms with Crippen LogP contribution in [0.3, 0.4) is 0 Å². The number of nitrogens with zero attached hydrogens (tertiary/aromatic N) is 2. The van der Waals surface area contributed by atoms with Gasteiger partial charge in [0, 0.05) is 0 Å². The molecule has 7 nitrogen and oxygen atoms in total. The van der Waals surface area contributed by atoms with E-state index in [2.05, 4.69) is 9.97 Å². The molecule has 0 aliphatic carbocycles. The van der Waals surface area contributed by atoms with E-state index in [1.165, 1.54) is 12.1 Å². The molecule has 0 saturated heterocycles. The van der Waals surface area contributed by atoms with Crippen molar-refractivity contribution in [1.29, 1.82) is 0 Å². The molecule has 20 heavy (non-hydrogen) atoms. The predicted octanol–water partition coefficient (Wildman–Crippen LogP) is 1.21. The number of rotatable bonds is 4. The van der Waals surface area contributed by atoms with Gasteiger partial charge in [-0.05, 0) is 12.1 Å². The van der Waals surface area contributed by atoms with Crippen LogP contribution in [0.4, 0.5) is 4.39 Å². The summed E-state index contributed by atoms with van der Waals surface area (Å²) in [6.45, 7) is 0. The van der Waals surface area contributed by atoms with Gasteiger partial charge in [0.25, 0.3) is 5.91 Å². The maximum Gasteiger partial charge on any atom is 0.356 e. The summed E-state index contributed by atoms with van der Waals surface area (Å²) in [5.41, 5.74) is 4.37. The normalized spacial score (nSPS) is 10.1. The third-order valence-corrected chi connectivity index (χ3v) is 2.28. The number of amides is 1. The molecule has 0 radical (unpaired) electrons. The van der Waals surface area contributed by atoms with Gasteiger partial charge in [-0.2, -0.15) is 0 Å². The van der Waals surface area contributed by atoms with Crippen LogP contribution in [-0.4, -0.2) is 27.0 Å². The fourth-order valence-corrected chi connectivity index (χ4v) is 1.42. The minimum atomic E-state index is -1.24. The fourth-order valence-electron chi connectivity index (χ4n) is 1.42. The van der Waals surface area contributed by atoms with Gasteiger partial charge >= 0.3 is 5.97 Å². The summed E-state index contributed by atoms with van der Waals surface area (Å²) in [6, 6.07) is 3.72. The largest absolute Gasteiger partial charge is 0.476 e. The number of benzene rings is 1. The Morgan fingerprint density at radius 2 is 2.00 bits per heavy atom. The highest BCUT2D eigenvalue weighted by atomic mass is 19.1. The highest BCUT2D eigenvalue weighted by molar-refractivity contribution is 5.96. The summed E-state index contributed by atoms with van der Waals surface area (Å²) in [4.78, 5) is 29.0. The number of hydrogen-bond donors (Lipinski definition) is 2. The number of carbonyl (C=O) groups excluding carboxylic acids is 1. The summed E-state index contributed by atoms with van der Waals surface area (Å²) >= 11 is 0. The molecule has 0 aliphatic heterocycles. The Bertz CT molecular complexity index is 673. The quantitative estimate of drug-likeness (QED) is 0.867. The Kier molecular flexibility index (Phi) is 3.56. The predicted molar refractivity (Wildman–Crippen MR) is 64.0 cm³/mol. The number of halogens is 1. The Hall–Kier alpha value is -3.03. The average molecular weight is 277 g/mol.